The van der Waals surface area contributed by atoms with Crippen molar-refractivity contribution in [2.45, 2.75) is 31.4 Å². The number of para-hydroxylation sites is 1. The second-order valence-electron chi connectivity index (χ2n) is 8.73. The number of hydrogen-bond acceptors (Lipinski definition) is 5. The molecule has 0 aromatic heterocycles. The van der Waals surface area contributed by atoms with Gasteiger partial charge in [-0.1, -0.05) is 24.3 Å². The maximum atomic E-state index is 13.3. The molecule has 3 aliphatic rings. The summed E-state index contributed by atoms with van der Waals surface area (Å²) in [5.41, 5.74) is 3.65. The molecule has 3 heterocycles. The van der Waals surface area contributed by atoms with Gasteiger partial charge >= 0.3 is 0 Å². The van der Waals surface area contributed by atoms with Crippen LogP contribution in [-0.2, 0) is 16.0 Å². The first-order valence-electron chi connectivity index (χ1n) is 11.4. The van der Waals surface area contributed by atoms with Gasteiger partial charge in [-0.3, -0.25) is 4.79 Å². The zero-order valence-electron chi connectivity index (χ0n) is 18.1. The van der Waals surface area contributed by atoms with Crippen molar-refractivity contribution >= 4 is 17.3 Å². The Bertz CT molecular complexity index is 913. The Morgan fingerprint density at radius 2 is 2.06 bits per heavy atom. The number of nitrogens with zero attached hydrogens (tertiary/aromatic N) is 2. The molecule has 3 aliphatic heterocycles. The van der Waals surface area contributed by atoms with Crippen LogP contribution < -0.4 is 19.9 Å². The van der Waals surface area contributed by atoms with Gasteiger partial charge in [0.25, 0.3) is 0 Å². The minimum Gasteiger partial charge on any atom is -0.497 e. The Morgan fingerprint density at radius 1 is 1.19 bits per heavy atom. The molecular weight excluding hydrogens is 390 g/mol. The van der Waals surface area contributed by atoms with Gasteiger partial charge in [0.15, 0.2) is 0 Å². The molecule has 5 rings (SSSR count). The molecule has 2 aromatic rings. The van der Waals surface area contributed by atoms with E-state index < -0.39 is 0 Å². The van der Waals surface area contributed by atoms with Crippen molar-refractivity contribution in [3.8, 4) is 5.75 Å². The lowest BCUT2D eigenvalue weighted by Gasteiger charge is -2.49. The highest BCUT2D eigenvalue weighted by atomic mass is 16.5. The van der Waals surface area contributed by atoms with E-state index in [1.807, 2.05) is 12.1 Å². The summed E-state index contributed by atoms with van der Waals surface area (Å²) in [7, 11) is 1.71. The van der Waals surface area contributed by atoms with Crippen molar-refractivity contribution in [3.05, 3.63) is 54.1 Å². The van der Waals surface area contributed by atoms with Crippen molar-refractivity contribution in [2.24, 2.45) is 5.92 Å². The third kappa shape index (κ3) is 4.09. The number of amides is 1. The molecule has 0 aliphatic carbocycles. The summed E-state index contributed by atoms with van der Waals surface area (Å²) >= 11 is 0. The summed E-state index contributed by atoms with van der Waals surface area (Å²) in [4.78, 5) is 18.2. The van der Waals surface area contributed by atoms with Gasteiger partial charge in [0.1, 0.15) is 5.75 Å². The highest BCUT2D eigenvalue weighted by Gasteiger charge is 2.42. The summed E-state index contributed by atoms with van der Waals surface area (Å²) in [5.74, 6) is 0.917. The van der Waals surface area contributed by atoms with Crippen molar-refractivity contribution in [1.82, 2.24) is 5.32 Å². The van der Waals surface area contributed by atoms with E-state index in [2.05, 4.69) is 51.5 Å². The Hall–Kier alpha value is -2.73. The van der Waals surface area contributed by atoms with Gasteiger partial charge < -0.3 is 24.6 Å². The van der Waals surface area contributed by atoms with E-state index in [0.29, 0.717) is 6.54 Å². The lowest BCUT2D eigenvalue weighted by Crippen LogP contribution is -2.61. The number of ether oxygens (including phenoxy) is 2. The monoisotopic (exact) mass is 421 g/mol. The summed E-state index contributed by atoms with van der Waals surface area (Å²) in [6, 6.07) is 16.9. The van der Waals surface area contributed by atoms with Crippen LogP contribution in [0.4, 0.5) is 11.4 Å². The Labute approximate surface area is 184 Å². The zero-order valence-corrected chi connectivity index (χ0v) is 18.1. The maximum Gasteiger partial charge on any atom is 0.225 e. The van der Waals surface area contributed by atoms with Crippen molar-refractivity contribution in [3.63, 3.8) is 0 Å². The molecule has 0 bridgehead atoms. The van der Waals surface area contributed by atoms with Crippen LogP contribution in [-0.4, -0.2) is 57.9 Å². The van der Waals surface area contributed by atoms with Crippen LogP contribution in [0.15, 0.2) is 48.5 Å². The third-order valence-corrected chi connectivity index (χ3v) is 6.91. The van der Waals surface area contributed by atoms with E-state index in [4.69, 9.17) is 9.47 Å². The van der Waals surface area contributed by atoms with Crippen molar-refractivity contribution in [2.75, 3.05) is 49.7 Å². The van der Waals surface area contributed by atoms with Gasteiger partial charge in [-0.15, -0.1) is 0 Å². The Balaban J connectivity index is 1.40. The lowest BCUT2D eigenvalue weighted by atomic mass is 9.83. The van der Waals surface area contributed by atoms with Gasteiger partial charge in [-0.05, 0) is 43.0 Å². The predicted octanol–water partition coefficient (Wildman–Crippen LogP) is 2.86. The standard InChI is InChI=1S/C25H31N3O3/c1-30-20-10-9-18-14-22(25(29)26-16-21-8-5-13-31-21)24-17-27(19-6-3-2-4-7-19)11-12-28(24)23(18)15-20/h2-4,6-7,9-10,15,21-22,24H,5,8,11-14,16-17H2,1H3,(H,26,29)/t21-,22+,24+/m0/s1. The van der Waals surface area contributed by atoms with E-state index in [1.54, 1.807) is 7.11 Å². The van der Waals surface area contributed by atoms with E-state index in [0.717, 1.165) is 51.3 Å². The second kappa shape index (κ2) is 8.79. The number of hydrogen-bond donors (Lipinski definition) is 1. The minimum atomic E-state index is -0.0891. The van der Waals surface area contributed by atoms with Crippen molar-refractivity contribution in [1.29, 1.82) is 0 Å². The van der Waals surface area contributed by atoms with Crippen LogP contribution >= 0.6 is 0 Å². The highest BCUT2D eigenvalue weighted by molar-refractivity contribution is 5.82. The maximum absolute atomic E-state index is 13.3. The Morgan fingerprint density at radius 3 is 2.84 bits per heavy atom. The van der Waals surface area contributed by atoms with E-state index in [9.17, 15) is 4.79 Å². The van der Waals surface area contributed by atoms with E-state index in [-0.39, 0.29) is 24.0 Å². The molecule has 31 heavy (non-hydrogen) atoms. The van der Waals surface area contributed by atoms with E-state index in [1.165, 1.54) is 16.9 Å². The molecule has 0 saturated carbocycles. The normalized spacial score (nSPS) is 25.0. The number of rotatable bonds is 5. The molecule has 2 aromatic carbocycles. The summed E-state index contributed by atoms with van der Waals surface area (Å²) in [5, 5.41) is 3.20. The third-order valence-electron chi connectivity index (χ3n) is 6.91. The average Bonchev–Trinajstić information content (AvgIpc) is 3.35. The molecule has 2 saturated heterocycles. The summed E-state index contributed by atoms with van der Waals surface area (Å²) in [6.07, 6.45) is 3.03. The summed E-state index contributed by atoms with van der Waals surface area (Å²) in [6.45, 7) is 4.07. The van der Waals surface area contributed by atoms with Crippen LogP contribution in [0.1, 0.15) is 18.4 Å². The molecule has 0 radical (unpaired) electrons. The minimum absolute atomic E-state index is 0.0891. The molecule has 2 fully saturated rings. The number of methoxy groups -OCH3 is 1. The number of carbonyl (C=O) groups excluding carboxylic acids is 1. The predicted molar refractivity (Wildman–Crippen MR) is 122 cm³/mol. The first kappa shape index (κ1) is 20.2. The number of benzene rings is 2. The average molecular weight is 422 g/mol. The fourth-order valence-corrected chi connectivity index (χ4v) is 5.23. The topological polar surface area (TPSA) is 54.0 Å². The number of anilines is 2. The van der Waals surface area contributed by atoms with Gasteiger partial charge in [0, 0.05) is 50.2 Å². The number of nitrogens with one attached hydrogen (secondary N) is 1. The van der Waals surface area contributed by atoms with Gasteiger partial charge in [-0.25, -0.2) is 0 Å². The van der Waals surface area contributed by atoms with Crippen LogP contribution in [0.3, 0.4) is 0 Å². The SMILES string of the molecule is COc1ccc2c(c1)N1CCN(c3ccccc3)C[C@@H]1[C@H](C(=O)NC[C@@H]1CCCO1)C2. The fraction of sp³-hybridized carbons (Fsp3) is 0.480. The lowest BCUT2D eigenvalue weighted by molar-refractivity contribution is -0.126. The molecule has 0 spiro atoms. The van der Waals surface area contributed by atoms with Gasteiger partial charge in [0.2, 0.25) is 5.91 Å². The molecule has 1 amide bonds. The fourth-order valence-electron chi connectivity index (χ4n) is 5.23. The molecule has 6 heteroatoms. The quantitative estimate of drug-likeness (QED) is 0.805. The first-order valence-corrected chi connectivity index (χ1v) is 11.4. The highest BCUT2D eigenvalue weighted by Crippen LogP contribution is 2.39. The second-order valence-corrected chi connectivity index (χ2v) is 8.73. The van der Waals surface area contributed by atoms with Crippen LogP contribution in [0.5, 0.6) is 5.75 Å². The summed E-state index contributed by atoms with van der Waals surface area (Å²) < 4.78 is 11.2. The number of piperazine rings is 1. The first-order chi connectivity index (χ1) is 15.2. The number of fused-ring (bicyclic) bond motifs is 3. The largest absolute Gasteiger partial charge is 0.497 e. The molecule has 1 N–H and O–H groups in total. The van der Waals surface area contributed by atoms with Crippen LogP contribution in [0.2, 0.25) is 0 Å². The van der Waals surface area contributed by atoms with Crippen LogP contribution in [0.25, 0.3) is 0 Å². The van der Waals surface area contributed by atoms with Gasteiger partial charge in [-0.2, -0.15) is 0 Å². The zero-order chi connectivity index (χ0) is 21.2. The van der Waals surface area contributed by atoms with Gasteiger partial charge in [0.05, 0.1) is 25.2 Å². The van der Waals surface area contributed by atoms with E-state index >= 15 is 0 Å². The van der Waals surface area contributed by atoms with Crippen LogP contribution in [0, 0.1) is 5.92 Å². The number of carbonyl (C=O) groups is 1. The molecule has 6 nitrogen and oxygen atoms in total. The molecule has 0 unspecified atom stereocenters. The molecular formula is C25H31N3O3. The van der Waals surface area contributed by atoms with Crippen molar-refractivity contribution < 1.29 is 14.3 Å². The smallest absolute Gasteiger partial charge is 0.225 e. The Kier molecular flexibility index (Phi) is 5.72. The molecule has 3 atom stereocenters. The molecule has 164 valence electrons.